The van der Waals surface area contributed by atoms with Crippen LogP contribution in [0, 0.1) is 0 Å². The molecule has 0 aromatic rings. The van der Waals surface area contributed by atoms with Gasteiger partial charge < -0.3 is 15.3 Å². The summed E-state index contributed by atoms with van der Waals surface area (Å²) in [6, 6.07) is 0. The Morgan fingerprint density at radius 2 is 2.00 bits per heavy atom. The van der Waals surface area contributed by atoms with Gasteiger partial charge in [0.2, 0.25) is 0 Å². The van der Waals surface area contributed by atoms with Crippen LogP contribution in [0.15, 0.2) is 0 Å². The van der Waals surface area contributed by atoms with Crippen LogP contribution in [0.4, 0.5) is 0 Å². The van der Waals surface area contributed by atoms with Gasteiger partial charge >= 0.3 is 5.97 Å². The molecule has 0 heterocycles. The van der Waals surface area contributed by atoms with Gasteiger partial charge in [0, 0.05) is 6.42 Å². The van der Waals surface area contributed by atoms with Gasteiger partial charge in [-0.3, -0.25) is 0 Å². The molecule has 0 aromatic carbocycles. The van der Waals surface area contributed by atoms with E-state index < -0.39 is 18.2 Å². The number of aliphatic hydroxyl groups is 2. The van der Waals surface area contributed by atoms with Crippen LogP contribution in [-0.4, -0.2) is 33.5 Å². The average molecular weight is 134 g/mol. The van der Waals surface area contributed by atoms with Crippen LogP contribution < -0.4 is 0 Å². The zero-order chi connectivity index (χ0) is 7.44. The molecule has 0 radical (unpaired) electrons. The molecule has 0 aliphatic rings. The molecule has 0 rings (SSSR count). The minimum Gasteiger partial charge on any atom is -0.479 e. The lowest BCUT2D eigenvalue weighted by Crippen LogP contribution is -2.23. The lowest BCUT2D eigenvalue weighted by molar-refractivity contribution is -0.148. The quantitative estimate of drug-likeness (QED) is 0.472. The fourth-order valence-corrected chi connectivity index (χ4v) is 0.424. The van der Waals surface area contributed by atoms with Gasteiger partial charge in [0.15, 0.2) is 6.10 Å². The second-order valence-corrected chi connectivity index (χ2v) is 1.94. The molecule has 0 aliphatic heterocycles. The van der Waals surface area contributed by atoms with Crippen molar-refractivity contribution in [3.05, 3.63) is 0 Å². The van der Waals surface area contributed by atoms with Crippen molar-refractivity contribution in [3.8, 4) is 0 Å². The van der Waals surface area contributed by atoms with E-state index in [0.717, 1.165) is 0 Å². The summed E-state index contributed by atoms with van der Waals surface area (Å²) in [5.74, 6) is -1.30. The van der Waals surface area contributed by atoms with Gasteiger partial charge in [-0.1, -0.05) is 0 Å². The van der Waals surface area contributed by atoms with Crippen molar-refractivity contribution in [3.63, 3.8) is 0 Å². The first-order valence-corrected chi connectivity index (χ1v) is 2.63. The Morgan fingerprint density at radius 1 is 1.56 bits per heavy atom. The summed E-state index contributed by atoms with van der Waals surface area (Å²) in [6.07, 6.45) is -2.32. The third-order valence-corrected chi connectivity index (χ3v) is 0.849. The molecule has 0 saturated heterocycles. The first-order valence-electron chi connectivity index (χ1n) is 2.63. The predicted octanol–water partition coefficient (Wildman–Crippen LogP) is -0.797. The number of carbonyl (C=O) groups is 1. The molecular weight excluding hydrogens is 124 g/mol. The van der Waals surface area contributed by atoms with E-state index in [0.29, 0.717) is 0 Å². The molecule has 0 aliphatic carbocycles. The van der Waals surface area contributed by atoms with Crippen LogP contribution in [0.25, 0.3) is 0 Å². The van der Waals surface area contributed by atoms with Gasteiger partial charge in [0.05, 0.1) is 6.10 Å². The van der Waals surface area contributed by atoms with E-state index in [9.17, 15) is 4.79 Å². The highest BCUT2D eigenvalue weighted by Crippen LogP contribution is 1.95. The maximum absolute atomic E-state index is 9.87. The van der Waals surface area contributed by atoms with Gasteiger partial charge in [0.25, 0.3) is 0 Å². The Balaban J connectivity index is 3.50. The first kappa shape index (κ1) is 8.39. The van der Waals surface area contributed by atoms with Crippen LogP contribution in [0.3, 0.4) is 0 Å². The number of hydrogen-bond donors (Lipinski definition) is 3. The molecule has 9 heavy (non-hydrogen) atoms. The van der Waals surface area contributed by atoms with E-state index >= 15 is 0 Å². The number of aliphatic hydroxyl groups excluding tert-OH is 2. The van der Waals surface area contributed by atoms with E-state index in [1.54, 1.807) is 0 Å². The highest BCUT2D eigenvalue weighted by Gasteiger charge is 2.14. The molecule has 4 nitrogen and oxygen atoms in total. The van der Waals surface area contributed by atoms with Gasteiger partial charge in [-0.05, 0) is 6.92 Å². The maximum Gasteiger partial charge on any atom is 0.332 e. The molecule has 0 fully saturated rings. The Bertz CT molecular complexity index is 99.1. The first-order chi connectivity index (χ1) is 4.04. The molecular formula is C5H10O4. The summed E-state index contributed by atoms with van der Waals surface area (Å²) in [4.78, 5) is 9.87. The van der Waals surface area contributed by atoms with Crippen LogP contribution in [0.5, 0.6) is 0 Å². The second kappa shape index (κ2) is 3.42. The molecule has 0 spiro atoms. The molecule has 4 heteroatoms. The third-order valence-electron chi connectivity index (χ3n) is 0.849. The minimum atomic E-state index is -1.44. The monoisotopic (exact) mass is 134 g/mol. The summed E-state index contributed by atoms with van der Waals surface area (Å²) in [5.41, 5.74) is 0. The normalized spacial score (nSPS) is 16.8. The fourth-order valence-electron chi connectivity index (χ4n) is 0.424. The number of carboxylic acid groups (broad SMARTS) is 1. The molecule has 0 bridgehead atoms. The molecule has 0 aromatic heterocycles. The van der Waals surface area contributed by atoms with Gasteiger partial charge in [0.1, 0.15) is 0 Å². The van der Waals surface area contributed by atoms with E-state index in [-0.39, 0.29) is 6.42 Å². The van der Waals surface area contributed by atoms with E-state index in [4.69, 9.17) is 15.3 Å². The van der Waals surface area contributed by atoms with E-state index in [1.165, 1.54) is 6.92 Å². The second-order valence-electron chi connectivity index (χ2n) is 1.94. The maximum atomic E-state index is 9.87. The van der Waals surface area contributed by atoms with Crippen LogP contribution in [0.1, 0.15) is 13.3 Å². The van der Waals surface area contributed by atoms with Crippen LogP contribution in [0.2, 0.25) is 0 Å². The van der Waals surface area contributed by atoms with E-state index in [2.05, 4.69) is 0 Å². The minimum absolute atomic E-state index is 0.116. The van der Waals surface area contributed by atoms with Crippen LogP contribution in [-0.2, 0) is 4.79 Å². The molecule has 0 amide bonds. The summed E-state index contributed by atoms with van der Waals surface area (Å²) < 4.78 is 0. The summed E-state index contributed by atoms with van der Waals surface area (Å²) in [6.45, 7) is 1.42. The van der Waals surface area contributed by atoms with E-state index in [1.807, 2.05) is 0 Å². The highest BCUT2D eigenvalue weighted by atomic mass is 16.4. The zero-order valence-electron chi connectivity index (χ0n) is 5.11. The molecule has 3 N–H and O–H groups in total. The smallest absolute Gasteiger partial charge is 0.332 e. The molecule has 2 atom stereocenters. The lowest BCUT2D eigenvalue weighted by Gasteiger charge is -2.05. The summed E-state index contributed by atoms with van der Waals surface area (Å²) >= 11 is 0. The van der Waals surface area contributed by atoms with Crippen molar-refractivity contribution in [1.29, 1.82) is 0 Å². The third kappa shape index (κ3) is 3.93. The topological polar surface area (TPSA) is 77.8 Å². The number of carboxylic acids is 1. The van der Waals surface area contributed by atoms with Crippen LogP contribution >= 0.6 is 0 Å². The average Bonchev–Trinajstić information content (AvgIpc) is 1.63. The molecule has 0 unspecified atom stereocenters. The Hall–Kier alpha value is -0.610. The van der Waals surface area contributed by atoms with Crippen molar-refractivity contribution in [2.24, 2.45) is 0 Å². The zero-order valence-corrected chi connectivity index (χ0v) is 5.11. The molecule has 0 saturated carbocycles. The number of rotatable bonds is 3. The summed E-state index contributed by atoms with van der Waals surface area (Å²) in [7, 11) is 0. The highest BCUT2D eigenvalue weighted by molar-refractivity contribution is 5.71. The Labute approximate surface area is 52.7 Å². The van der Waals surface area contributed by atoms with Crippen molar-refractivity contribution in [2.75, 3.05) is 0 Å². The number of aliphatic carboxylic acids is 1. The summed E-state index contributed by atoms with van der Waals surface area (Å²) in [5, 5.41) is 25.2. The van der Waals surface area contributed by atoms with Gasteiger partial charge in [-0.15, -0.1) is 0 Å². The predicted molar refractivity (Wildman–Crippen MR) is 29.9 cm³/mol. The SMILES string of the molecule is C[C@@H](O)C[C@H](O)C(=O)O. The van der Waals surface area contributed by atoms with Gasteiger partial charge in [-0.25, -0.2) is 4.79 Å². The Morgan fingerprint density at radius 3 is 2.11 bits per heavy atom. The Kier molecular flexibility index (Phi) is 3.19. The van der Waals surface area contributed by atoms with Crippen molar-refractivity contribution >= 4 is 5.97 Å². The van der Waals surface area contributed by atoms with Gasteiger partial charge in [-0.2, -0.15) is 0 Å². The fraction of sp³-hybridized carbons (Fsp3) is 0.800. The van der Waals surface area contributed by atoms with Crippen molar-refractivity contribution in [1.82, 2.24) is 0 Å². The number of hydrogen-bond acceptors (Lipinski definition) is 3. The molecule has 54 valence electrons. The lowest BCUT2D eigenvalue weighted by atomic mass is 10.2. The standard InChI is InChI=1S/C5H10O4/c1-3(6)2-4(7)5(8)9/h3-4,6-7H,2H2,1H3,(H,8,9)/t3-,4+/m1/s1. The van der Waals surface area contributed by atoms with Crippen molar-refractivity contribution < 1.29 is 20.1 Å². The largest absolute Gasteiger partial charge is 0.479 e. The van der Waals surface area contributed by atoms with Crippen molar-refractivity contribution in [2.45, 2.75) is 25.6 Å².